The van der Waals surface area contributed by atoms with Crippen LogP contribution < -0.4 is 9.64 Å². The molecule has 2 aromatic heterocycles. The molecule has 9 heteroatoms. The Morgan fingerprint density at radius 2 is 2.07 bits per heavy atom. The Kier molecular flexibility index (Phi) is 6.09. The van der Waals surface area contributed by atoms with Gasteiger partial charge in [-0.3, -0.25) is 4.68 Å². The number of aromatic hydroxyl groups is 1. The molecule has 1 N–H and O–H groups in total. The van der Waals surface area contributed by atoms with Gasteiger partial charge < -0.3 is 19.5 Å². The Morgan fingerprint density at radius 1 is 1.27 bits per heavy atom. The molecule has 160 valence electrons. The number of ether oxygens (including phenoxy) is 2. The topological polar surface area (TPSA) is 103 Å². The fourth-order valence-corrected chi connectivity index (χ4v) is 3.77. The van der Waals surface area contributed by atoms with Gasteiger partial charge in [-0.25, -0.2) is 14.8 Å². The number of anilines is 1. The lowest BCUT2D eigenvalue weighted by Crippen LogP contribution is -2.32. The summed E-state index contributed by atoms with van der Waals surface area (Å²) in [7, 11) is 1.50. The first-order chi connectivity index (χ1) is 14.1. The van der Waals surface area contributed by atoms with Gasteiger partial charge in [0.2, 0.25) is 0 Å². The number of nitrogens with zero attached hydrogens (tertiary/aromatic N) is 5. The summed E-state index contributed by atoms with van der Waals surface area (Å²) in [4.78, 5) is 23.3. The molecule has 0 atom stereocenters. The maximum absolute atomic E-state index is 12.4. The number of methoxy groups -OCH3 is 1. The van der Waals surface area contributed by atoms with E-state index in [0.29, 0.717) is 36.7 Å². The van der Waals surface area contributed by atoms with E-state index >= 15 is 0 Å². The van der Waals surface area contributed by atoms with E-state index in [1.807, 2.05) is 11.6 Å². The van der Waals surface area contributed by atoms with E-state index in [1.165, 1.54) is 13.4 Å². The Labute approximate surface area is 175 Å². The van der Waals surface area contributed by atoms with Crippen LogP contribution >= 0.6 is 0 Å². The maximum atomic E-state index is 12.4. The number of benzene rings is 1. The lowest BCUT2D eigenvalue weighted by Gasteiger charge is -2.29. The van der Waals surface area contributed by atoms with Gasteiger partial charge >= 0.3 is 5.97 Å². The van der Waals surface area contributed by atoms with Crippen molar-refractivity contribution in [3.8, 4) is 11.5 Å². The molecule has 0 fully saturated rings. The van der Waals surface area contributed by atoms with Gasteiger partial charge in [-0.1, -0.05) is 7.43 Å². The van der Waals surface area contributed by atoms with Gasteiger partial charge in [0.1, 0.15) is 12.1 Å². The van der Waals surface area contributed by atoms with Crippen molar-refractivity contribution in [2.45, 2.75) is 40.8 Å². The molecular formula is C21H27N5O4. The van der Waals surface area contributed by atoms with Crippen LogP contribution in [0.4, 0.5) is 5.82 Å². The highest BCUT2D eigenvalue weighted by Gasteiger charge is 2.29. The summed E-state index contributed by atoms with van der Waals surface area (Å²) in [6.07, 6.45) is 2.21. The Bertz CT molecular complexity index is 1080. The van der Waals surface area contributed by atoms with Crippen LogP contribution in [0.25, 0.3) is 10.9 Å². The molecule has 0 amide bonds. The molecule has 4 rings (SSSR count). The SMILES string of the molecule is C.CCOC(=O)c1nn(CC)c2c1CN(c1ncnc3cc(O)c(OC)cc13)CC2. The van der Waals surface area contributed by atoms with Crippen LogP contribution in [0.5, 0.6) is 11.5 Å². The highest BCUT2D eigenvalue weighted by atomic mass is 16.5. The lowest BCUT2D eigenvalue weighted by atomic mass is 10.0. The number of phenols is 1. The normalized spacial score (nSPS) is 13.0. The number of esters is 1. The fraction of sp³-hybridized carbons (Fsp3) is 0.429. The van der Waals surface area contributed by atoms with Crippen LogP contribution in [0.3, 0.4) is 0 Å². The van der Waals surface area contributed by atoms with E-state index in [-0.39, 0.29) is 13.2 Å². The number of fused-ring (bicyclic) bond motifs is 2. The van der Waals surface area contributed by atoms with Crippen molar-refractivity contribution < 1.29 is 19.4 Å². The van der Waals surface area contributed by atoms with Crippen LogP contribution in [0.15, 0.2) is 18.5 Å². The van der Waals surface area contributed by atoms with Gasteiger partial charge in [-0.05, 0) is 19.9 Å². The summed E-state index contributed by atoms with van der Waals surface area (Å²) < 4.78 is 12.3. The predicted molar refractivity (Wildman–Crippen MR) is 113 cm³/mol. The zero-order chi connectivity index (χ0) is 20.5. The Hall–Kier alpha value is -3.36. The number of aryl methyl sites for hydroxylation is 1. The van der Waals surface area contributed by atoms with Crippen molar-refractivity contribution in [1.29, 1.82) is 0 Å². The molecule has 0 bridgehead atoms. The van der Waals surface area contributed by atoms with Crippen molar-refractivity contribution in [2.24, 2.45) is 0 Å². The molecular weight excluding hydrogens is 386 g/mol. The van der Waals surface area contributed by atoms with E-state index in [1.54, 1.807) is 19.1 Å². The number of carbonyl (C=O) groups is 1. The Morgan fingerprint density at radius 3 is 2.77 bits per heavy atom. The van der Waals surface area contributed by atoms with Crippen molar-refractivity contribution in [3.05, 3.63) is 35.4 Å². The molecule has 0 radical (unpaired) electrons. The van der Waals surface area contributed by atoms with E-state index in [2.05, 4.69) is 20.0 Å². The minimum Gasteiger partial charge on any atom is -0.504 e. The average molecular weight is 413 g/mol. The molecule has 9 nitrogen and oxygen atoms in total. The molecule has 0 unspecified atom stereocenters. The van der Waals surface area contributed by atoms with Crippen LogP contribution in [-0.4, -0.2) is 51.1 Å². The summed E-state index contributed by atoms with van der Waals surface area (Å²) in [5.74, 6) is 0.701. The van der Waals surface area contributed by atoms with Crippen LogP contribution in [0.2, 0.25) is 0 Å². The molecule has 30 heavy (non-hydrogen) atoms. The molecule has 1 aromatic carbocycles. The summed E-state index contributed by atoms with van der Waals surface area (Å²) in [6.45, 7) is 5.98. The van der Waals surface area contributed by atoms with E-state index in [9.17, 15) is 9.90 Å². The summed E-state index contributed by atoms with van der Waals surface area (Å²) in [5, 5.41) is 15.3. The third kappa shape index (κ3) is 3.51. The summed E-state index contributed by atoms with van der Waals surface area (Å²) in [5.41, 5.74) is 2.91. The first-order valence-corrected chi connectivity index (χ1v) is 9.59. The lowest BCUT2D eigenvalue weighted by molar-refractivity contribution is 0.0517. The first-order valence-electron chi connectivity index (χ1n) is 9.59. The van der Waals surface area contributed by atoms with Crippen molar-refractivity contribution >= 4 is 22.7 Å². The second-order valence-electron chi connectivity index (χ2n) is 6.72. The number of aromatic nitrogens is 4. The van der Waals surface area contributed by atoms with Crippen molar-refractivity contribution in [1.82, 2.24) is 19.7 Å². The quantitative estimate of drug-likeness (QED) is 0.637. The third-order valence-corrected chi connectivity index (χ3v) is 5.12. The van der Waals surface area contributed by atoms with Gasteiger partial charge in [0.05, 0.1) is 19.2 Å². The van der Waals surface area contributed by atoms with Gasteiger partial charge in [0.25, 0.3) is 0 Å². The van der Waals surface area contributed by atoms with Crippen LogP contribution in [-0.2, 0) is 24.2 Å². The number of phenolic OH excluding ortho intramolecular Hbond substituents is 1. The van der Waals surface area contributed by atoms with Gasteiger partial charge in [-0.2, -0.15) is 5.10 Å². The van der Waals surface area contributed by atoms with Crippen LogP contribution in [0.1, 0.15) is 43.0 Å². The Balaban J connectivity index is 0.00000256. The van der Waals surface area contributed by atoms with Gasteiger partial charge in [-0.15, -0.1) is 0 Å². The molecule has 3 aromatic rings. The third-order valence-electron chi connectivity index (χ3n) is 5.12. The zero-order valence-corrected chi connectivity index (χ0v) is 16.7. The molecule has 0 aliphatic carbocycles. The number of carbonyl (C=O) groups excluding carboxylic acids is 1. The minimum absolute atomic E-state index is 0. The minimum atomic E-state index is -0.406. The molecule has 0 saturated carbocycles. The van der Waals surface area contributed by atoms with Crippen molar-refractivity contribution in [2.75, 3.05) is 25.2 Å². The highest BCUT2D eigenvalue weighted by molar-refractivity contribution is 5.93. The number of hydrogen-bond donors (Lipinski definition) is 1. The van der Waals surface area contributed by atoms with E-state index in [0.717, 1.165) is 35.4 Å². The largest absolute Gasteiger partial charge is 0.504 e. The fourth-order valence-electron chi connectivity index (χ4n) is 3.77. The molecule has 1 aliphatic rings. The second-order valence-corrected chi connectivity index (χ2v) is 6.72. The van der Waals surface area contributed by atoms with E-state index < -0.39 is 5.97 Å². The molecule has 1 aliphatic heterocycles. The van der Waals surface area contributed by atoms with Crippen LogP contribution in [0, 0.1) is 0 Å². The van der Waals surface area contributed by atoms with E-state index in [4.69, 9.17) is 9.47 Å². The molecule has 3 heterocycles. The smallest absolute Gasteiger partial charge is 0.359 e. The number of hydrogen-bond acceptors (Lipinski definition) is 8. The zero-order valence-electron chi connectivity index (χ0n) is 16.7. The standard InChI is InChI=1S/C20H23N5O4.CH4/c1-4-25-15-6-7-24(10-13(15)18(23-25)20(27)29-5-2)19-12-8-17(28-3)16(26)9-14(12)21-11-22-19;/h8-9,11,26H,4-7,10H2,1-3H3;1H4. The predicted octanol–water partition coefficient (Wildman–Crippen LogP) is 2.94. The maximum Gasteiger partial charge on any atom is 0.359 e. The van der Waals surface area contributed by atoms with Gasteiger partial charge in [0.15, 0.2) is 17.2 Å². The first kappa shape index (κ1) is 21.4. The summed E-state index contributed by atoms with van der Waals surface area (Å²) in [6, 6.07) is 3.30. The summed E-state index contributed by atoms with van der Waals surface area (Å²) >= 11 is 0. The molecule has 0 spiro atoms. The monoisotopic (exact) mass is 413 g/mol. The second kappa shape index (κ2) is 8.56. The highest BCUT2D eigenvalue weighted by Crippen LogP contribution is 2.35. The number of rotatable bonds is 5. The van der Waals surface area contributed by atoms with Crippen molar-refractivity contribution in [3.63, 3.8) is 0 Å². The molecule has 0 saturated heterocycles. The average Bonchev–Trinajstić information content (AvgIpc) is 3.11. The van der Waals surface area contributed by atoms with Gasteiger partial charge in [0, 0.05) is 48.8 Å².